The maximum Gasteiger partial charge on any atom is 0.259 e. The Bertz CT molecular complexity index is 2500. The van der Waals surface area contributed by atoms with Crippen LogP contribution in [0.5, 0.6) is 0 Å². The van der Waals surface area contributed by atoms with E-state index in [1.165, 1.54) is 24.3 Å². The van der Waals surface area contributed by atoms with Crippen LogP contribution in [0, 0.1) is 11.6 Å². The second-order valence-electron chi connectivity index (χ2n) is 13.0. The first-order valence-electron chi connectivity index (χ1n) is 16.7. The lowest BCUT2D eigenvalue weighted by Gasteiger charge is -2.42. The van der Waals surface area contributed by atoms with E-state index < -0.39 is 48.0 Å². The molecule has 11 heteroatoms. The van der Waals surface area contributed by atoms with Crippen molar-refractivity contribution in [3.8, 4) is 0 Å². The topological polar surface area (TPSA) is 115 Å². The number of rotatable bonds is 8. The number of amides is 2. The van der Waals surface area contributed by atoms with Crippen molar-refractivity contribution in [1.29, 1.82) is 0 Å². The summed E-state index contributed by atoms with van der Waals surface area (Å²) >= 11 is 0. The van der Waals surface area contributed by atoms with Gasteiger partial charge in [0, 0.05) is 33.5 Å². The van der Waals surface area contributed by atoms with Gasteiger partial charge in [0.2, 0.25) is 0 Å². The zero-order chi connectivity index (χ0) is 34.8. The Morgan fingerprint density at radius 3 is 2.10 bits per heavy atom. The molecule has 1 fully saturated rings. The Kier molecular flexibility index (Phi) is 7.66. The number of hydrogen-bond donors (Lipinski definition) is 3. The molecule has 4 atom stereocenters. The smallest absolute Gasteiger partial charge is 0.259 e. The number of aliphatic hydroxyl groups is 1. The molecule has 3 N–H and O–H groups in total. The highest BCUT2D eigenvalue weighted by Gasteiger charge is 2.44. The van der Waals surface area contributed by atoms with Gasteiger partial charge in [-0.25, -0.2) is 8.78 Å². The van der Waals surface area contributed by atoms with Gasteiger partial charge in [-0.3, -0.25) is 14.9 Å². The van der Waals surface area contributed by atoms with E-state index in [4.69, 9.17) is 14.2 Å². The number of aromatic amines is 1. The van der Waals surface area contributed by atoms with Crippen LogP contribution in [-0.4, -0.2) is 51.4 Å². The highest BCUT2D eigenvalue weighted by molar-refractivity contribution is 6.39. The Balaban J connectivity index is 1.32. The van der Waals surface area contributed by atoms with Crippen molar-refractivity contribution in [2.75, 3.05) is 6.61 Å². The summed E-state index contributed by atoms with van der Waals surface area (Å²) in [6.45, 7) is 0.166. The highest BCUT2D eigenvalue weighted by Crippen LogP contribution is 2.47. The molecule has 0 radical (unpaired) electrons. The first-order chi connectivity index (χ1) is 24.9. The summed E-state index contributed by atoms with van der Waals surface area (Å²) in [5.74, 6) is -2.33. The number of ether oxygens (including phenoxy) is 3. The molecule has 256 valence electrons. The summed E-state index contributed by atoms with van der Waals surface area (Å²) < 4.78 is 51.7. The molecule has 0 spiro atoms. The normalized spacial score (nSPS) is 20.5. The first-order valence-corrected chi connectivity index (χ1v) is 16.7. The maximum atomic E-state index is 15.2. The maximum absolute atomic E-state index is 15.2. The fourth-order valence-corrected chi connectivity index (χ4v) is 7.71. The average molecular weight is 688 g/mol. The van der Waals surface area contributed by atoms with E-state index in [1.807, 2.05) is 65.2 Å². The van der Waals surface area contributed by atoms with Crippen LogP contribution in [0.15, 0.2) is 97.1 Å². The lowest BCUT2D eigenvalue weighted by atomic mass is 9.96. The lowest BCUT2D eigenvalue weighted by Crippen LogP contribution is -2.49. The van der Waals surface area contributed by atoms with Crippen molar-refractivity contribution < 1.29 is 37.7 Å². The number of halogens is 2. The molecule has 0 bridgehead atoms. The van der Waals surface area contributed by atoms with Gasteiger partial charge in [0.15, 0.2) is 6.23 Å². The predicted molar refractivity (Wildman–Crippen MR) is 186 cm³/mol. The van der Waals surface area contributed by atoms with Gasteiger partial charge in [-0.05, 0) is 47.5 Å². The van der Waals surface area contributed by atoms with Gasteiger partial charge in [0.1, 0.15) is 17.7 Å². The second kappa shape index (κ2) is 12.4. The Morgan fingerprint density at radius 1 is 0.784 bits per heavy atom. The molecular formula is C40H31F2N3O6. The minimum atomic E-state index is -0.976. The SMILES string of the molecule is O=C1NC(=O)c2c1c1c3cc(F)ccc3[nH]c1c1c2c2cc(F)ccc2n1C1OC(CO)CC(OCc2ccccc2)C1OCc1ccccc1. The second-order valence-corrected chi connectivity index (χ2v) is 13.0. The third-order valence-electron chi connectivity index (χ3n) is 9.92. The standard InChI is InChI=1S/C40H31F2N3O6/c41-23-11-13-28-26(15-23)31-33-34(39(48)44-38(33)47)32-27-16-24(42)12-14-29(27)45(36(32)35(31)43-28)40-37(50-20-22-9-5-2-6-10-22)30(17-25(18-46)51-40)49-19-21-7-3-1-4-8-21/h1-16,25,30,37,40,43,46H,17-20H2,(H,44,47,48). The van der Waals surface area contributed by atoms with E-state index in [1.54, 1.807) is 12.1 Å². The number of carbonyl (C=O) groups is 2. The van der Waals surface area contributed by atoms with E-state index in [2.05, 4.69) is 10.3 Å². The molecule has 2 aliphatic rings. The molecule has 51 heavy (non-hydrogen) atoms. The van der Waals surface area contributed by atoms with Gasteiger partial charge in [-0.2, -0.15) is 0 Å². The van der Waals surface area contributed by atoms with E-state index in [0.29, 0.717) is 50.0 Å². The number of nitrogens with one attached hydrogen (secondary N) is 2. The molecule has 2 aromatic heterocycles. The van der Waals surface area contributed by atoms with Crippen LogP contribution in [0.1, 0.15) is 44.5 Å². The number of hydrogen-bond acceptors (Lipinski definition) is 6. The molecule has 4 heterocycles. The van der Waals surface area contributed by atoms with Gasteiger partial charge >= 0.3 is 0 Å². The molecular weight excluding hydrogens is 656 g/mol. The van der Waals surface area contributed by atoms with E-state index in [0.717, 1.165) is 11.1 Å². The number of nitrogens with zero attached hydrogens (tertiary/aromatic N) is 1. The van der Waals surface area contributed by atoms with Gasteiger partial charge in [0.25, 0.3) is 11.8 Å². The summed E-state index contributed by atoms with van der Waals surface area (Å²) in [6.07, 6.45) is -2.69. The third-order valence-corrected chi connectivity index (χ3v) is 9.92. The summed E-state index contributed by atoms with van der Waals surface area (Å²) in [7, 11) is 0. The molecule has 9 nitrogen and oxygen atoms in total. The first kappa shape index (κ1) is 31.5. The Morgan fingerprint density at radius 2 is 1.41 bits per heavy atom. The number of imide groups is 1. The van der Waals surface area contributed by atoms with Crippen LogP contribution < -0.4 is 5.32 Å². The molecule has 9 rings (SSSR count). The van der Waals surface area contributed by atoms with Gasteiger partial charge in [-0.1, -0.05) is 60.7 Å². The molecule has 0 aliphatic carbocycles. The summed E-state index contributed by atoms with van der Waals surface area (Å²) in [5.41, 5.74) is 3.92. The van der Waals surface area contributed by atoms with E-state index in [9.17, 15) is 19.1 Å². The molecule has 1 saturated heterocycles. The molecule has 2 aliphatic heterocycles. The number of carbonyl (C=O) groups excluding carboxylic acids is 2. The largest absolute Gasteiger partial charge is 0.394 e. The number of H-pyrrole nitrogens is 1. The minimum Gasteiger partial charge on any atom is -0.394 e. The zero-order valence-electron chi connectivity index (χ0n) is 27.1. The van der Waals surface area contributed by atoms with Gasteiger partial charge in [0.05, 0.1) is 59.7 Å². The van der Waals surface area contributed by atoms with Crippen LogP contribution in [0.3, 0.4) is 0 Å². The van der Waals surface area contributed by atoms with Gasteiger partial charge in [-0.15, -0.1) is 0 Å². The fraction of sp³-hybridized carbons (Fsp3) is 0.200. The zero-order valence-corrected chi connectivity index (χ0v) is 27.1. The van der Waals surface area contributed by atoms with Gasteiger partial charge < -0.3 is 28.9 Å². The number of aliphatic hydroxyl groups excluding tert-OH is 1. The fourth-order valence-electron chi connectivity index (χ4n) is 7.71. The van der Waals surface area contributed by atoms with Crippen molar-refractivity contribution in [2.24, 2.45) is 0 Å². The number of benzene rings is 5. The van der Waals surface area contributed by atoms with Crippen LogP contribution in [0.4, 0.5) is 8.78 Å². The number of aromatic nitrogens is 2. The molecule has 5 aromatic carbocycles. The highest BCUT2D eigenvalue weighted by atomic mass is 19.1. The van der Waals surface area contributed by atoms with Crippen molar-refractivity contribution in [2.45, 2.75) is 44.2 Å². The molecule has 2 amide bonds. The summed E-state index contributed by atoms with van der Waals surface area (Å²) in [5, 5.41) is 14.4. The van der Waals surface area contributed by atoms with Crippen LogP contribution >= 0.6 is 0 Å². The van der Waals surface area contributed by atoms with Crippen LogP contribution in [0.2, 0.25) is 0 Å². The van der Waals surface area contributed by atoms with Crippen molar-refractivity contribution in [1.82, 2.24) is 14.9 Å². The third kappa shape index (κ3) is 5.20. The predicted octanol–water partition coefficient (Wildman–Crippen LogP) is 7.04. The van der Waals surface area contributed by atoms with E-state index >= 15 is 4.39 Å². The number of fused-ring (bicyclic) bond motifs is 10. The Hall–Kier alpha value is -5.46. The van der Waals surface area contributed by atoms with Crippen molar-refractivity contribution in [3.05, 3.63) is 131 Å². The molecule has 7 aromatic rings. The lowest BCUT2D eigenvalue weighted by molar-refractivity contribution is -0.235. The quantitative estimate of drug-likeness (QED) is 0.148. The summed E-state index contributed by atoms with van der Waals surface area (Å²) in [6, 6.07) is 27.8. The summed E-state index contributed by atoms with van der Waals surface area (Å²) in [4.78, 5) is 30.5. The van der Waals surface area contributed by atoms with Crippen LogP contribution in [0.25, 0.3) is 43.6 Å². The molecule has 4 unspecified atom stereocenters. The van der Waals surface area contributed by atoms with Crippen LogP contribution in [-0.2, 0) is 27.4 Å². The minimum absolute atomic E-state index is 0.0650. The Labute approximate surface area is 289 Å². The van der Waals surface area contributed by atoms with E-state index in [-0.39, 0.29) is 30.9 Å². The van der Waals surface area contributed by atoms with Crippen molar-refractivity contribution >= 4 is 55.4 Å². The monoisotopic (exact) mass is 687 g/mol. The van der Waals surface area contributed by atoms with Crippen molar-refractivity contribution in [3.63, 3.8) is 0 Å². The average Bonchev–Trinajstić information content (AvgIpc) is 3.78. The molecule has 0 saturated carbocycles.